The molecular weight excluding hydrogens is 348 g/mol. The van der Waals surface area contributed by atoms with Gasteiger partial charge < -0.3 is 4.90 Å². The van der Waals surface area contributed by atoms with Gasteiger partial charge in [0.25, 0.3) is 5.91 Å². The van der Waals surface area contributed by atoms with Crippen LogP contribution in [0.3, 0.4) is 0 Å². The largest absolute Gasteiger partial charge is 0.336 e. The Balaban J connectivity index is 1.62. The normalized spacial score (nSPS) is 16.1. The average Bonchev–Trinajstić information content (AvgIpc) is 2.67. The maximum absolute atomic E-state index is 12.6. The number of hydrogen-bond donors (Lipinski definition) is 0. The molecule has 0 atom stereocenters. The number of aryl methyl sites for hydroxylation is 1. The number of piperazine rings is 1. The van der Waals surface area contributed by atoms with Crippen LogP contribution in [0.5, 0.6) is 0 Å². The zero-order chi connectivity index (χ0) is 18.6. The van der Waals surface area contributed by atoms with Crippen molar-refractivity contribution < 1.29 is 13.2 Å². The highest BCUT2D eigenvalue weighted by Crippen LogP contribution is 2.14. The van der Waals surface area contributed by atoms with Gasteiger partial charge in [0.2, 0.25) is 10.0 Å². The van der Waals surface area contributed by atoms with Gasteiger partial charge in [-0.15, -0.1) is 0 Å². The van der Waals surface area contributed by atoms with E-state index in [9.17, 15) is 13.2 Å². The minimum atomic E-state index is -3.49. The Morgan fingerprint density at radius 3 is 2.31 bits per heavy atom. The number of hydrogen-bond acceptors (Lipinski definition) is 3. The van der Waals surface area contributed by atoms with Crippen molar-refractivity contribution in [2.24, 2.45) is 0 Å². The minimum absolute atomic E-state index is 0.0504. The highest BCUT2D eigenvalue weighted by Gasteiger charge is 2.27. The van der Waals surface area contributed by atoms with Crippen LogP contribution in [0.2, 0.25) is 0 Å². The van der Waals surface area contributed by atoms with Crippen molar-refractivity contribution in [3.63, 3.8) is 0 Å². The van der Waals surface area contributed by atoms with Crippen LogP contribution in [0.1, 0.15) is 21.5 Å². The van der Waals surface area contributed by atoms with Crippen LogP contribution in [-0.4, -0.2) is 49.7 Å². The van der Waals surface area contributed by atoms with E-state index in [0.717, 1.165) is 11.1 Å². The number of amides is 1. The van der Waals surface area contributed by atoms with E-state index < -0.39 is 10.0 Å². The maximum atomic E-state index is 12.6. The lowest BCUT2D eigenvalue weighted by atomic mass is 10.1. The Bertz CT molecular complexity index is 900. The van der Waals surface area contributed by atoms with E-state index in [0.29, 0.717) is 31.7 Å². The smallest absolute Gasteiger partial charge is 0.253 e. The molecule has 5 nitrogen and oxygen atoms in total. The van der Waals surface area contributed by atoms with E-state index in [-0.39, 0.29) is 5.91 Å². The summed E-state index contributed by atoms with van der Waals surface area (Å²) < 4.78 is 26.4. The fourth-order valence-electron chi connectivity index (χ4n) is 2.92. The summed E-state index contributed by atoms with van der Waals surface area (Å²) in [6.07, 6.45) is 1.60. The molecule has 1 saturated heterocycles. The topological polar surface area (TPSA) is 57.7 Å². The molecule has 136 valence electrons. The van der Waals surface area contributed by atoms with Crippen molar-refractivity contribution in [1.29, 1.82) is 0 Å². The number of rotatable bonds is 4. The zero-order valence-corrected chi connectivity index (χ0v) is 15.5. The molecule has 26 heavy (non-hydrogen) atoms. The van der Waals surface area contributed by atoms with E-state index in [2.05, 4.69) is 0 Å². The van der Waals surface area contributed by atoms with Crippen molar-refractivity contribution in [2.75, 3.05) is 26.2 Å². The van der Waals surface area contributed by atoms with Crippen LogP contribution in [-0.2, 0) is 10.0 Å². The summed E-state index contributed by atoms with van der Waals surface area (Å²) in [7, 11) is -3.49. The molecule has 0 radical (unpaired) electrons. The molecule has 0 unspecified atom stereocenters. The quantitative estimate of drug-likeness (QED) is 0.832. The van der Waals surface area contributed by atoms with Gasteiger partial charge in [-0.3, -0.25) is 4.79 Å². The second kappa shape index (κ2) is 7.85. The van der Waals surface area contributed by atoms with Gasteiger partial charge in [-0.2, -0.15) is 4.31 Å². The lowest BCUT2D eigenvalue weighted by molar-refractivity contribution is 0.0698. The molecule has 0 spiro atoms. The van der Waals surface area contributed by atoms with Gasteiger partial charge in [-0.1, -0.05) is 48.0 Å². The first-order chi connectivity index (χ1) is 12.5. The average molecular weight is 370 g/mol. The van der Waals surface area contributed by atoms with Crippen molar-refractivity contribution in [3.8, 4) is 0 Å². The SMILES string of the molecule is Cc1cccc(C(=O)N2CCN(S(=O)(=O)/C=C/c3ccccc3)CC2)c1. The second-order valence-electron chi connectivity index (χ2n) is 6.32. The maximum Gasteiger partial charge on any atom is 0.253 e. The molecule has 0 aliphatic carbocycles. The molecule has 0 N–H and O–H groups in total. The first-order valence-electron chi connectivity index (χ1n) is 8.55. The van der Waals surface area contributed by atoms with Crippen LogP contribution >= 0.6 is 0 Å². The number of nitrogens with zero attached hydrogens (tertiary/aromatic N) is 2. The third kappa shape index (κ3) is 4.39. The molecule has 1 amide bonds. The first-order valence-corrected chi connectivity index (χ1v) is 10.1. The Labute approximate surface area is 154 Å². The third-order valence-corrected chi connectivity index (χ3v) is 5.95. The van der Waals surface area contributed by atoms with Crippen LogP contribution < -0.4 is 0 Å². The molecule has 1 fully saturated rings. The van der Waals surface area contributed by atoms with E-state index in [1.165, 1.54) is 9.71 Å². The summed E-state index contributed by atoms with van der Waals surface area (Å²) in [6, 6.07) is 16.8. The van der Waals surface area contributed by atoms with Crippen molar-refractivity contribution in [3.05, 3.63) is 76.7 Å². The van der Waals surface area contributed by atoms with Crippen LogP contribution in [0.25, 0.3) is 6.08 Å². The number of benzene rings is 2. The molecule has 0 bridgehead atoms. The van der Waals surface area contributed by atoms with E-state index in [1.54, 1.807) is 17.0 Å². The monoisotopic (exact) mass is 370 g/mol. The van der Waals surface area contributed by atoms with Crippen molar-refractivity contribution in [2.45, 2.75) is 6.92 Å². The van der Waals surface area contributed by atoms with E-state index in [4.69, 9.17) is 0 Å². The summed E-state index contributed by atoms with van der Waals surface area (Å²) in [5.41, 5.74) is 2.51. The Morgan fingerprint density at radius 2 is 1.65 bits per heavy atom. The summed E-state index contributed by atoms with van der Waals surface area (Å²) in [5.74, 6) is -0.0504. The fraction of sp³-hybridized carbons (Fsp3) is 0.250. The molecule has 2 aromatic rings. The molecule has 0 saturated carbocycles. The molecule has 1 aliphatic rings. The molecule has 2 aromatic carbocycles. The highest BCUT2D eigenvalue weighted by molar-refractivity contribution is 7.92. The van der Waals surface area contributed by atoms with Crippen LogP contribution in [0.15, 0.2) is 60.0 Å². The Morgan fingerprint density at radius 1 is 0.962 bits per heavy atom. The van der Waals surface area contributed by atoms with Gasteiger partial charge in [-0.05, 0) is 30.7 Å². The predicted octanol–water partition coefficient (Wildman–Crippen LogP) is 2.75. The van der Waals surface area contributed by atoms with Crippen LogP contribution in [0.4, 0.5) is 0 Å². The molecule has 6 heteroatoms. The summed E-state index contributed by atoms with van der Waals surface area (Å²) in [4.78, 5) is 14.3. The number of carbonyl (C=O) groups is 1. The van der Waals surface area contributed by atoms with Crippen molar-refractivity contribution >= 4 is 22.0 Å². The van der Waals surface area contributed by atoms with Gasteiger partial charge in [-0.25, -0.2) is 8.42 Å². The second-order valence-corrected chi connectivity index (χ2v) is 8.14. The molecule has 1 heterocycles. The summed E-state index contributed by atoms with van der Waals surface area (Å²) in [5, 5.41) is 1.24. The third-order valence-electron chi connectivity index (χ3n) is 4.38. The Kier molecular flexibility index (Phi) is 5.54. The van der Waals surface area contributed by atoms with Gasteiger partial charge in [0, 0.05) is 37.2 Å². The molecule has 0 aromatic heterocycles. The Hall–Kier alpha value is -2.44. The van der Waals surface area contributed by atoms with Crippen LogP contribution in [0, 0.1) is 6.92 Å². The summed E-state index contributed by atoms with van der Waals surface area (Å²) >= 11 is 0. The molecule has 3 rings (SSSR count). The van der Waals surface area contributed by atoms with Crippen molar-refractivity contribution in [1.82, 2.24) is 9.21 Å². The lowest BCUT2D eigenvalue weighted by Gasteiger charge is -2.33. The minimum Gasteiger partial charge on any atom is -0.336 e. The lowest BCUT2D eigenvalue weighted by Crippen LogP contribution is -2.50. The van der Waals surface area contributed by atoms with Gasteiger partial charge in [0.05, 0.1) is 0 Å². The number of sulfonamides is 1. The van der Waals surface area contributed by atoms with E-state index in [1.807, 2.05) is 55.5 Å². The van der Waals surface area contributed by atoms with E-state index >= 15 is 0 Å². The highest BCUT2D eigenvalue weighted by atomic mass is 32.2. The van der Waals surface area contributed by atoms with Gasteiger partial charge >= 0.3 is 0 Å². The zero-order valence-electron chi connectivity index (χ0n) is 14.7. The molecular formula is C20H22N2O3S. The van der Waals surface area contributed by atoms with Gasteiger partial charge in [0.15, 0.2) is 0 Å². The summed E-state index contributed by atoms with van der Waals surface area (Å²) in [6.45, 7) is 3.34. The molecule has 1 aliphatic heterocycles. The van der Waals surface area contributed by atoms with Gasteiger partial charge in [0.1, 0.15) is 0 Å². The first kappa shape index (κ1) is 18.4. The standard InChI is InChI=1S/C20H22N2O3S/c1-17-6-5-9-19(16-17)20(23)21-11-13-22(14-12-21)26(24,25)15-10-18-7-3-2-4-8-18/h2-10,15-16H,11-14H2,1H3/b15-10+. The number of carbonyl (C=O) groups excluding carboxylic acids is 1. The predicted molar refractivity (Wildman–Crippen MR) is 103 cm³/mol. The fourth-order valence-corrected chi connectivity index (χ4v) is 4.09.